The minimum absolute atomic E-state index is 0.128. The minimum atomic E-state index is -0.729. The van der Waals surface area contributed by atoms with Crippen molar-refractivity contribution in [2.24, 2.45) is 5.92 Å². The fourth-order valence-corrected chi connectivity index (χ4v) is 5.76. The number of amides is 2. The molecular formula is C28H29N3O2S. The third kappa shape index (κ3) is 5.05. The van der Waals surface area contributed by atoms with Gasteiger partial charge in [0.15, 0.2) is 0 Å². The number of anilines is 1. The lowest BCUT2D eigenvalue weighted by Gasteiger charge is -2.25. The number of hydrogen-bond donors (Lipinski definition) is 2. The van der Waals surface area contributed by atoms with Crippen molar-refractivity contribution in [3.8, 4) is 6.07 Å². The molecule has 0 saturated carbocycles. The van der Waals surface area contributed by atoms with Gasteiger partial charge in [-0.05, 0) is 48.3 Å². The molecule has 1 aliphatic rings. The zero-order valence-corrected chi connectivity index (χ0v) is 20.3. The van der Waals surface area contributed by atoms with Crippen LogP contribution in [-0.2, 0) is 22.4 Å². The molecule has 3 aromatic rings. The molecule has 4 rings (SSSR count). The number of nitrogens with one attached hydrogen (secondary N) is 2. The van der Waals surface area contributed by atoms with Crippen molar-refractivity contribution < 1.29 is 9.59 Å². The Balaban J connectivity index is 1.58. The summed E-state index contributed by atoms with van der Waals surface area (Å²) >= 11 is 1.50. The van der Waals surface area contributed by atoms with Crippen LogP contribution in [0.15, 0.2) is 60.7 Å². The highest BCUT2D eigenvalue weighted by Gasteiger charge is 2.31. The quantitative estimate of drug-likeness (QED) is 0.483. The number of thiophene rings is 1. The smallest absolute Gasteiger partial charge is 0.247 e. The number of carbonyl (C=O) groups is 2. The van der Waals surface area contributed by atoms with E-state index in [1.807, 2.05) is 74.5 Å². The Hall–Kier alpha value is -3.43. The first-order valence-electron chi connectivity index (χ1n) is 11.7. The first kappa shape index (κ1) is 23.7. The van der Waals surface area contributed by atoms with Gasteiger partial charge in [-0.3, -0.25) is 9.59 Å². The molecule has 2 N–H and O–H groups in total. The second-order valence-electron chi connectivity index (χ2n) is 9.00. The van der Waals surface area contributed by atoms with Crippen LogP contribution >= 0.6 is 11.3 Å². The minimum Gasteiger partial charge on any atom is -0.343 e. The van der Waals surface area contributed by atoms with Gasteiger partial charge in [0.25, 0.3) is 0 Å². The summed E-state index contributed by atoms with van der Waals surface area (Å²) in [5, 5.41) is 16.3. The fraction of sp³-hybridized carbons (Fsp3) is 0.321. The van der Waals surface area contributed by atoms with Crippen LogP contribution in [0.1, 0.15) is 59.7 Å². The molecule has 1 atom stereocenters. The fourth-order valence-electron chi connectivity index (χ4n) is 4.52. The standard InChI is InChI=1S/C28H29N3O2S/c1-18(2)25(27(33)31-28-22(17-29)21-15-9-10-16-23(21)34-28)30-26(32)24(19-11-5-3-6-12-19)20-13-7-4-8-14-20/h3-8,11-14,18,24-25H,9-10,15-16H2,1-2H3,(H,30,32)(H,31,33)/t25-/m1/s1. The Morgan fingerprint density at radius 2 is 1.50 bits per heavy atom. The summed E-state index contributed by atoms with van der Waals surface area (Å²) in [6.07, 6.45) is 4.00. The molecule has 0 bridgehead atoms. The second kappa shape index (κ2) is 10.7. The van der Waals surface area contributed by atoms with E-state index in [0.717, 1.165) is 42.4 Å². The van der Waals surface area contributed by atoms with Crippen LogP contribution in [0.5, 0.6) is 0 Å². The van der Waals surface area contributed by atoms with Crippen molar-refractivity contribution in [3.05, 3.63) is 87.8 Å². The third-order valence-electron chi connectivity index (χ3n) is 6.29. The molecule has 0 unspecified atom stereocenters. The molecule has 1 heterocycles. The zero-order valence-electron chi connectivity index (χ0n) is 19.5. The average Bonchev–Trinajstić information content (AvgIpc) is 3.20. The monoisotopic (exact) mass is 471 g/mol. The third-order valence-corrected chi connectivity index (χ3v) is 7.50. The molecule has 2 amide bonds. The predicted molar refractivity (Wildman–Crippen MR) is 136 cm³/mol. The van der Waals surface area contributed by atoms with Crippen molar-refractivity contribution in [3.63, 3.8) is 0 Å². The molecule has 2 aromatic carbocycles. The van der Waals surface area contributed by atoms with Gasteiger partial charge in [-0.1, -0.05) is 74.5 Å². The largest absolute Gasteiger partial charge is 0.343 e. The van der Waals surface area contributed by atoms with Crippen LogP contribution in [0.25, 0.3) is 0 Å². The van der Waals surface area contributed by atoms with Crippen molar-refractivity contribution in [1.82, 2.24) is 5.32 Å². The lowest BCUT2D eigenvalue weighted by molar-refractivity contribution is -0.127. The van der Waals surface area contributed by atoms with Crippen LogP contribution in [-0.4, -0.2) is 17.9 Å². The normalized spacial score (nSPS) is 13.7. The molecule has 0 aliphatic heterocycles. The average molecular weight is 472 g/mol. The Bertz CT molecular complexity index is 1160. The summed E-state index contributed by atoms with van der Waals surface area (Å²) in [7, 11) is 0. The van der Waals surface area contributed by atoms with E-state index >= 15 is 0 Å². The highest BCUT2D eigenvalue weighted by molar-refractivity contribution is 7.16. The van der Waals surface area contributed by atoms with Gasteiger partial charge < -0.3 is 10.6 Å². The Kier molecular flexibility index (Phi) is 7.44. The van der Waals surface area contributed by atoms with Gasteiger partial charge in [0.1, 0.15) is 17.1 Å². The van der Waals surface area contributed by atoms with Crippen molar-refractivity contribution in [2.75, 3.05) is 5.32 Å². The number of carbonyl (C=O) groups excluding carboxylic acids is 2. The Morgan fingerprint density at radius 3 is 2.06 bits per heavy atom. The first-order valence-corrected chi connectivity index (χ1v) is 12.6. The summed E-state index contributed by atoms with van der Waals surface area (Å²) in [5.74, 6) is -1.17. The molecule has 0 radical (unpaired) electrons. The second-order valence-corrected chi connectivity index (χ2v) is 10.1. The van der Waals surface area contributed by atoms with Crippen molar-refractivity contribution >= 4 is 28.2 Å². The van der Waals surface area contributed by atoms with E-state index in [-0.39, 0.29) is 17.7 Å². The van der Waals surface area contributed by atoms with Gasteiger partial charge in [-0.15, -0.1) is 11.3 Å². The van der Waals surface area contributed by atoms with E-state index < -0.39 is 12.0 Å². The first-order chi connectivity index (χ1) is 16.5. The molecule has 1 aromatic heterocycles. The van der Waals surface area contributed by atoms with Gasteiger partial charge in [-0.25, -0.2) is 0 Å². The van der Waals surface area contributed by atoms with E-state index in [1.165, 1.54) is 16.2 Å². The molecule has 1 aliphatic carbocycles. The maximum atomic E-state index is 13.6. The van der Waals surface area contributed by atoms with Crippen LogP contribution in [0.2, 0.25) is 0 Å². The van der Waals surface area contributed by atoms with Gasteiger partial charge in [0.2, 0.25) is 11.8 Å². The van der Waals surface area contributed by atoms with Gasteiger partial charge in [0, 0.05) is 4.88 Å². The van der Waals surface area contributed by atoms with E-state index in [2.05, 4.69) is 16.7 Å². The number of benzene rings is 2. The zero-order chi connectivity index (χ0) is 24.1. The Labute approximate surface area is 204 Å². The number of nitrogens with zero attached hydrogens (tertiary/aromatic N) is 1. The maximum absolute atomic E-state index is 13.6. The molecule has 0 fully saturated rings. The molecule has 0 spiro atoms. The summed E-state index contributed by atoms with van der Waals surface area (Å²) in [6.45, 7) is 3.82. The predicted octanol–water partition coefficient (Wildman–Crippen LogP) is 5.41. The van der Waals surface area contributed by atoms with E-state index in [0.29, 0.717) is 10.6 Å². The number of nitriles is 1. The molecule has 174 valence electrons. The van der Waals surface area contributed by atoms with E-state index in [4.69, 9.17) is 0 Å². The van der Waals surface area contributed by atoms with Gasteiger partial charge >= 0.3 is 0 Å². The number of fused-ring (bicyclic) bond motifs is 1. The molecule has 0 saturated heterocycles. The number of rotatable bonds is 7. The van der Waals surface area contributed by atoms with E-state index in [1.54, 1.807) is 0 Å². The molecule has 5 nitrogen and oxygen atoms in total. The summed E-state index contributed by atoms with van der Waals surface area (Å²) in [5.41, 5.74) is 3.39. The number of hydrogen-bond acceptors (Lipinski definition) is 4. The van der Waals surface area contributed by atoms with Crippen LogP contribution < -0.4 is 10.6 Å². The maximum Gasteiger partial charge on any atom is 0.247 e. The molecule has 34 heavy (non-hydrogen) atoms. The van der Waals surface area contributed by atoms with Crippen molar-refractivity contribution in [2.45, 2.75) is 51.5 Å². The van der Waals surface area contributed by atoms with Crippen LogP contribution in [0.4, 0.5) is 5.00 Å². The SMILES string of the molecule is CC(C)[C@@H](NC(=O)C(c1ccccc1)c1ccccc1)C(=O)Nc1sc2c(c1C#N)CCCC2. The summed E-state index contributed by atoms with van der Waals surface area (Å²) in [4.78, 5) is 28.1. The lowest BCUT2D eigenvalue weighted by atomic mass is 9.89. The molecule has 6 heteroatoms. The highest BCUT2D eigenvalue weighted by atomic mass is 32.1. The van der Waals surface area contributed by atoms with Crippen LogP contribution in [0.3, 0.4) is 0 Å². The Morgan fingerprint density at radius 1 is 0.912 bits per heavy atom. The van der Waals surface area contributed by atoms with E-state index in [9.17, 15) is 14.9 Å². The topological polar surface area (TPSA) is 82.0 Å². The number of aryl methyl sites for hydroxylation is 1. The lowest BCUT2D eigenvalue weighted by Crippen LogP contribution is -2.48. The van der Waals surface area contributed by atoms with Gasteiger partial charge in [0.05, 0.1) is 11.5 Å². The van der Waals surface area contributed by atoms with Gasteiger partial charge in [-0.2, -0.15) is 5.26 Å². The summed E-state index contributed by atoms with van der Waals surface area (Å²) in [6, 6.07) is 20.7. The summed E-state index contributed by atoms with van der Waals surface area (Å²) < 4.78 is 0. The van der Waals surface area contributed by atoms with Crippen molar-refractivity contribution in [1.29, 1.82) is 5.26 Å². The van der Waals surface area contributed by atoms with Crippen LogP contribution in [0, 0.1) is 17.2 Å². The highest BCUT2D eigenvalue weighted by Crippen LogP contribution is 2.37. The molecular weight excluding hydrogens is 442 g/mol.